The smallest absolute Gasteiger partial charge is 0.380 e. The Hall–Kier alpha value is -0.790. The molecule has 2 atom stereocenters. The molecule has 118 valence electrons. The summed E-state index contributed by atoms with van der Waals surface area (Å²) >= 11 is 1.51. The van der Waals surface area contributed by atoms with Gasteiger partial charge in [-0.1, -0.05) is 19.1 Å². The highest BCUT2D eigenvalue weighted by Gasteiger charge is 2.54. The van der Waals surface area contributed by atoms with Gasteiger partial charge in [-0.05, 0) is 30.2 Å². The fourth-order valence-electron chi connectivity index (χ4n) is 2.52. The zero-order valence-electron chi connectivity index (χ0n) is 11.5. The molecule has 2 rings (SSSR count). The third-order valence-electron chi connectivity index (χ3n) is 3.61. The normalized spacial score (nSPS) is 19.1. The minimum absolute atomic E-state index is 0.0216. The molecular formula is C14H17F4NOS. The standard InChI is InChI=1S/C14H17F4NOS/c1-2-19-12(14(16,17)18)13(20,8-15)10-4-3-9-5-6-21-11(9)7-10/h3-4,7,12,19-20H,2,5-6,8H2,1H3. The van der Waals surface area contributed by atoms with E-state index < -0.39 is 24.5 Å². The molecule has 0 fully saturated rings. The topological polar surface area (TPSA) is 32.3 Å². The molecule has 7 heteroatoms. The number of likely N-dealkylation sites (N-methyl/N-ethyl adjacent to an activating group) is 1. The number of hydrogen-bond donors (Lipinski definition) is 2. The Kier molecular flexibility index (Phi) is 4.85. The van der Waals surface area contributed by atoms with Crippen molar-refractivity contribution in [3.8, 4) is 0 Å². The molecule has 2 nitrogen and oxygen atoms in total. The van der Waals surface area contributed by atoms with Crippen LogP contribution in [0.2, 0.25) is 0 Å². The van der Waals surface area contributed by atoms with Gasteiger partial charge in [0.25, 0.3) is 0 Å². The lowest BCUT2D eigenvalue weighted by Crippen LogP contribution is -2.58. The molecular weight excluding hydrogens is 306 g/mol. The number of thioether (sulfide) groups is 1. The number of hydrogen-bond acceptors (Lipinski definition) is 3. The zero-order chi connectivity index (χ0) is 15.7. The van der Waals surface area contributed by atoms with Crippen LogP contribution in [0.4, 0.5) is 17.6 Å². The number of halogens is 4. The predicted octanol–water partition coefficient (Wildman–Crippen LogP) is 3.03. The maximum Gasteiger partial charge on any atom is 0.407 e. The van der Waals surface area contributed by atoms with Gasteiger partial charge in [0.05, 0.1) is 0 Å². The second kappa shape index (κ2) is 6.14. The maximum absolute atomic E-state index is 13.4. The first-order chi connectivity index (χ1) is 9.82. The third kappa shape index (κ3) is 3.19. The Labute approximate surface area is 124 Å². The first kappa shape index (κ1) is 16.6. The molecule has 1 heterocycles. The van der Waals surface area contributed by atoms with E-state index in [1.807, 2.05) is 0 Å². The molecule has 0 amide bonds. The molecule has 0 saturated heterocycles. The molecule has 1 aliphatic heterocycles. The van der Waals surface area contributed by atoms with Gasteiger partial charge in [0, 0.05) is 10.6 Å². The van der Waals surface area contributed by atoms with Crippen LogP contribution >= 0.6 is 11.8 Å². The minimum atomic E-state index is -4.75. The van der Waals surface area contributed by atoms with Crippen molar-refractivity contribution in [3.63, 3.8) is 0 Å². The maximum atomic E-state index is 13.4. The van der Waals surface area contributed by atoms with E-state index >= 15 is 0 Å². The van der Waals surface area contributed by atoms with Crippen LogP contribution in [0.25, 0.3) is 0 Å². The molecule has 2 unspecified atom stereocenters. The number of fused-ring (bicyclic) bond motifs is 1. The van der Waals surface area contributed by atoms with Crippen LogP contribution in [0.1, 0.15) is 18.1 Å². The summed E-state index contributed by atoms with van der Waals surface area (Å²) in [5.41, 5.74) is -1.63. The molecule has 0 aromatic heterocycles. The van der Waals surface area contributed by atoms with Gasteiger partial charge in [0.1, 0.15) is 18.3 Å². The van der Waals surface area contributed by atoms with E-state index in [1.165, 1.54) is 30.8 Å². The fraction of sp³-hybridized carbons (Fsp3) is 0.571. The summed E-state index contributed by atoms with van der Waals surface area (Å²) in [6.45, 7) is -0.0459. The van der Waals surface area contributed by atoms with E-state index in [-0.39, 0.29) is 12.1 Å². The quantitative estimate of drug-likeness (QED) is 0.817. The first-order valence-electron chi connectivity index (χ1n) is 6.67. The van der Waals surface area contributed by atoms with Crippen molar-refractivity contribution < 1.29 is 22.7 Å². The van der Waals surface area contributed by atoms with E-state index in [4.69, 9.17) is 0 Å². The van der Waals surface area contributed by atoms with E-state index in [0.717, 1.165) is 22.6 Å². The molecule has 0 saturated carbocycles. The van der Waals surface area contributed by atoms with Crippen LogP contribution in [-0.2, 0) is 12.0 Å². The summed E-state index contributed by atoms with van der Waals surface area (Å²) in [4.78, 5) is 0.816. The first-order valence-corrected chi connectivity index (χ1v) is 7.66. The lowest BCUT2D eigenvalue weighted by atomic mass is 9.86. The van der Waals surface area contributed by atoms with Gasteiger partial charge in [-0.2, -0.15) is 13.2 Å². The van der Waals surface area contributed by atoms with Crippen molar-refractivity contribution in [3.05, 3.63) is 29.3 Å². The second-order valence-electron chi connectivity index (χ2n) is 5.01. The molecule has 0 aliphatic carbocycles. The minimum Gasteiger partial charge on any atom is -0.380 e. The number of rotatable bonds is 5. The zero-order valence-corrected chi connectivity index (χ0v) is 12.3. The van der Waals surface area contributed by atoms with Crippen LogP contribution in [0.3, 0.4) is 0 Å². The summed E-state index contributed by atoms with van der Waals surface area (Å²) in [7, 11) is 0. The average Bonchev–Trinajstić information content (AvgIpc) is 2.90. The van der Waals surface area contributed by atoms with Crippen LogP contribution in [-0.4, -0.2) is 36.3 Å². The fourth-order valence-corrected chi connectivity index (χ4v) is 3.62. The van der Waals surface area contributed by atoms with Gasteiger partial charge >= 0.3 is 6.18 Å². The van der Waals surface area contributed by atoms with Crippen molar-refractivity contribution in [2.24, 2.45) is 0 Å². The third-order valence-corrected chi connectivity index (χ3v) is 4.71. The molecule has 1 aromatic carbocycles. The van der Waals surface area contributed by atoms with Crippen molar-refractivity contribution >= 4 is 11.8 Å². The number of aliphatic hydroxyl groups is 1. The van der Waals surface area contributed by atoms with E-state index in [9.17, 15) is 22.7 Å². The largest absolute Gasteiger partial charge is 0.407 e. The number of nitrogens with one attached hydrogen (secondary N) is 1. The molecule has 0 bridgehead atoms. The SMILES string of the molecule is CCNC(C(F)(F)F)C(O)(CF)c1ccc2c(c1)SCC2. The number of benzene rings is 1. The second-order valence-corrected chi connectivity index (χ2v) is 6.15. The molecule has 1 aromatic rings. The monoisotopic (exact) mass is 323 g/mol. The van der Waals surface area contributed by atoms with E-state index in [1.54, 1.807) is 6.07 Å². The lowest BCUT2D eigenvalue weighted by molar-refractivity contribution is -0.209. The molecule has 1 aliphatic rings. The Bertz CT molecular complexity index is 508. The molecule has 0 spiro atoms. The summed E-state index contributed by atoms with van der Waals surface area (Å²) in [5, 5.41) is 12.5. The average molecular weight is 323 g/mol. The van der Waals surface area contributed by atoms with Gasteiger partial charge in [0.15, 0.2) is 0 Å². The highest BCUT2D eigenvalue weighted by molar-refractivity contribution is 7.99. The summed E-state index contributed by atoms with van der Waals surface area (Å²) in [5.74, 6) is 0.850. The molecule has 21 heavy (non-hydrogen) atoms. The summed E-state index contributed by atoms with van der Waals surface area (Å²) in [6, 6.07) is 2.19. The van der Waals surface area contributed by atoms with Gasteiger partial charge in [-0.3, -0.25) is 0 Å². The molecule has 0 radical (unpaired) electrons. The predicted molar refractivity (Wildman–Crippen MR) is 74.3 cm³/mol. The van der Waals surface area contributed by atoms with Gasteiger partial charge in [0.2, 0.25) is 0 Å². The highest BCUT2D eigenvalue weighted by Crippen LogP contribution is 2.39. The van der Waals surface area contributed by atoms with E-state index in [2.05, 4.69) is 5.32 Å². The Morgan fingerprint density at radius 1 is 1.38 bits per heavy atom. The Balaban J connectivity index is 2.43. The molecule has 2 N–H and O–H groups in total. The summed E-state index contributed by atoms with van der Waals surface area (Å²) < 4.78 is 52.9. The van der Waals surface area contributed by atoms with E-state index in [0.29, 0.717) is 0 Å². The van der Waals surface area contributed by atoms with Crippen molar-refractivity contribution in [2.45, 2.75) is 36.1 Å². The van der Waals surface area contributed by atoms with Crippen molar-refractivity contribution in [1.82, 2.24) is 5.32 Å². The van der Waals surface area contributed by atoms with Gasteiger partial charge in [-0.25, -0.2) is 4.39 Å². The van der Waals surface area contributed by atoms with Crippen LogP contribution < -0.4 is 5.32 Å². The summed E-state index contributed by atoms with van der Waals surface area (Å²) in [6.07, 6.45) is -3.91. The van der Waals surface area contributed by atoms with Crippen molar-refractivity contribution in [1.29, 1.82) is 0 Å². The number of alkyl halides is 4. The Morgan fingerprint density at radius 2 is 2.10 bits per heavy atom. The van der Waals surface area contributed by atoms with Crippen LogP contribution in [0, 0.1) is 0 Å². The Morgan fingerprint density at radius 3 is 2.67 bits per heavy atom. The van der Waals surface area contributed by atoms with Crippen molar-refractivity contribution in [2.75, 3.05) is 19.0 Å². The van der Waals surface area contributed by atoms with Gasteiger partial charge in [-0.15, -0.1) is 11.8 Å². The van der Waals surface area contributed by atoms with Crippen LogP contribution in [0.15, 0.2) is 23.1 Å². The van der Waals surface area contributed by atoms with Gasteiger partial charge < -0.3 is 10.4 Å². The lowest BCUT2D eigenvalue weighted by Gasteiger charge is -2.36. The van der Waals surface area contributed by atoms with Crippen LogP contribution in [0.5, 0.6) is 0 Å². The highest BCUT2D eigenvalue weighted by atomic mass is 32.2. The number of aryl methyl sites for hydroxylation is 1.